The van der Waals surface area contributed by atoms with Gasteiger partial charge in [0.05, 0.1) is 27.4 Å². The molecule has 2 aliphatic heterocycles. The van der Waals surface area contributed by atoms with Crippen LogP contribution in [0, 0.1) is 11.8 Å². The van der Waals surface area contributed by atoms with Crippen molar-refractivity contribution in [2.45, 2.75) is 36.9 Å². The van der Waals surface area contributed by atoms with Gasteiger partial charge >= 0.3 is 0 Å². The second-order valence-electron chi connectivity index (χ2n) is 9.39. The fraction of sp³-hybridized carbons (Fsp3) is 0.538. The predicted octanol–water partition coefficient (Wildman–Crippen LogP) is 0.801. The summed E-state index contributed by atoms with van der Waals surface area (Å²) < 4.78 is 33.7. The highest BCUT2D eigenvalue weighted by Crippen LogP contribution is 2.49. The normalized spacial score (nSPS) is 31.1. The van der Waals surface area contributed by atoms with E-state index in [-0.39, 0.29) is 44.4 Å². The molecule has 0 unspecified atom stereocenters. The quantitative estimate of drug-likeness (QED) is 0.429. The smallest absolute Gasteiger partial charge is 0.231 e. The minimum absolute atomic E-state index is 0.0850. The molecule has 0 radical (unpaired) electrons. The topological polar surface area (TPSA) is 136 Å². The lowest BCUT2D eigenvalue weighted by Gasteiger charge is -2.41. The van der Waals surface area contributed by atoms with Gasteiger partial charge in [0.15, 0.2) is 29.3 Å². The molecule has 4 N–H and O–H groups in total. The molecule has 7 atom stereocenters. The van der Waals surface area contributed by atoms with E-state index in [1.165, 1.54) is 0 Å². The van der Waals surface area contributed by atoms with Gasteiger partial charge in [-0.25, -0.2) is 0 Å². The van der Waals surface area contributed by atoms with Crippen molar-refractivity contribution >= 4 is 0 Å². The summed E-state index contributed by atoms with van der Waals surface area (Å²) in [6.45, 7) is 0.0469. The molecule has 2 aromatic rings. The van der Waals surface area contributed by atoms with Gasteiger partial charge in [-0.15, -0.1) is 0 Å². The number of aliphatic hydroxyl groups is 4. The van der Waals surface area contributed by atoms with Crippen LogP contribution in [0.2, 0.25) is 0 Å². The molecule has 0 spiro atoms. The first-order valence-corrected chi connectivity index (χ1v) is 12.0. The first-order valence-electron chi connectivity index (χ1n) is 12.0. The van der Waals surface area contributed by atoms with Crippen molar-refractivity contribution in [2.75, 3.05) is 40.8 Å². The summed E-state index contributed by atoms with van der Waals surface area (Å²) in [7, 11) is 3.17. The van der Waals surface area contributed by atoms with E-state index in [1.807, 2.05) is 30.3 Å². The average Bonchev–Trinajstić information content (AvgIpc) is 3.37. The van der Waals surface area contributed by atoms with Crippen LogP contribution in [0.25, 0.3) is 0 Å². The monoisotopic (exact) mass is 504 g/mol. The van der Waals surface area contributed by atoms with Gasteiger partial charge in [0, 0.05) is 12.5 Å². The Balaban J connectivity index is 1.53. The zero-order valence-corrected chi connectivity index (χ0v) is 20.2. The number of aliphatic hydroxyl groups excluding tert-OH is 4. The lowest BCUT2D eigenvalue weighted by molar-refractivity contribution is -0.274. The molecular weight excluding hydrogens is 472 g/mol. The van der Waals surface area contributed by atoms with Crippen molar-refractivity contribution in [2.24, 2.45) is 11.8 Å². The van der Waals surface area contributed by atoms with Crippen molar-refractivity contribution in [1.29, 1.82) is 0 Å². The third kappa shape index (κ3) is 4.49. The first-order chi connectivity index (χ1) is 17.4. The number of hydrogen-bond donors (Lipinski definition) is 4. The molecule has 2 heterocycles. The molecular formula is C26H32O10. The van der Waals surface area contributed by atoms with Crippen LogP contribution in [0.3, 0.4) is 0 Å². The molecule has 36 heavy (non-hydrogen) atoms. The number of rotatable bonds is 7. The molecule has 1 saturated heterocycles. The summed E-state index contributed by atoms with van der Waals surface area (Å²) in [5.74, 6) is 1.88. The zero-order valence-electron chi connectivity index (χ0n) is 20.2. The van der Waals surface area contributed by atoms with Gasteiger partial charge in [-0.3, -0.25) is 0 Å². The summed E-state index contributed by atoms with van der Waals surface area (Å²) in [6, 6.07) is 9.67. The summed E-state index contributed by atoms with van der Waals surface area (Å²) in [4.78, 5) is 0. The Bertz CT molecular complexity index is 1070. The van der Waals surface area contributed by atoms with Crippen molar-refractivity contribution in [3.8, 4) is 23.0 Å². The van der Waals surface area contributed by atoms with E-state index in [4.69, 9.17) is 28.4 Å². The van der Waals surface area contributed by atoms with Crippen molar-refractivity contribution in [3.05, 3.63) is 47.0 Å². The van der Waals surface area contributed by atoms with Crippen LogP contribution < -0.4 is 18.9 Å². The number of benzene rings is 2. The molecule has 10 nitrogen and oxygen atoms in total. The summed E-state index contributed by atoms with van der Waals surface area (Å²) >= 11 is 0. The van der Waals surface area contributed by atoms with E-state index < -0.39 is 24.6 Å². The highest BCUT2D eigenvalue weighted by Gasteiger charge is 2.42. The second kappa shape index (κ2) is 10.4. The predicted molar refractivity (Wildman–Crippen MR) is 125 cm³/mol. The Morgan fingerprint density at radius 1 is 0.944 bits per heavy atom. The van der Waals surface area contributed by atoms with E-state index in [9.17, 15) is 20.4 Å². The van der Waals surface area contributed by atoms with Gasteiger partial charge in [-0.2, -0.15) is 0 Å². The molecule has 3 aliphatic rings. The highest BCUT2D eigenvalue weighted by atomic mass is 16.7. The van der Waals surface area contributed by atoms with Gasteiger partial charge in [-0.05, 0) is 59.2 Å². The molecule has 0 aromatic heterocycles. The number of methoxy groups -OCH3 is 2. The van der Waals surface area contributed by atoms with Gasteiger partial charge in [0.2, 0.25) is 6.79 Å². The van der Waals surface area contributed by atoms with Crippen LogP contribution in [0.1, 0.15) is 22.6 Å². The van der Waals surface area contributed by atoms with Gasteiger partial charge in [-0.1, -0.05) is 6.07 Å². The number of hydrogen-bond acceptors (Lipinski definition) is 10. The standard InChI is InChI=1S/C26H32O10/c1-31-20-7-14-5-15(9-27)17(10-33-26-25(30)24(29)18(28)11-34-26)23(16(14)8-21(20)32-2)13-3-4-19-22(6-13)36-12-35-19/h3-4,6-8,15,17-18,23-30H,5,9-12H2,1-2H3/t15-,17-,18-,23-,24+,25-,26-/m1/s1. The molecule has 10 heteroatoms. The fourth-order valence-corrected chi connectivity index (χ4v) is 5.44. The Hall–Kier alpha value is -2.60. The summed E-state index contributed by atoms with van der Waals surface area (Å²) in [5, 5.41) is 40.6. The lowest BCUT2D eigenvalue weighted by atomic mass is 9.67. The molecule has 0 saturated carbocycles. The number of fused-ring (bicyclic) bond motifs is 2. The maximum absolute atomic E-state index is 10.4. The summed E-state index contributed by atoms with van der Waals surface area (Å²) in [6.07, 6.45) is -4.48. The Kier molecular flexibility index (Phi) is 7.25. The van der Waals surface area contributed by atoms with Crippen molar-refractivity contribution in [3.63, 3.8) is 0 Å². The van der Waals surface area contributed by atoms with Crippen molar-refractivity contribution in [1.82, 2.24) is 0 Å². The van der Waals surface area contributed by atoms with Crippen LogP contribution in [-0.2, 0) is 15.9 Å². The maximum Gasteiger partial charge on any atom is 0.231 e. The van der Waals surface area contributed by atoms with Crippen LogP contribution in [0.15, 0.2) is 30.3 Å². The summed E-state index contributed by atoms with van der Waals surface area (Å²) in [5.41, 5.74) is 2.98. The maximum atomic E-state index is 10.4. The van der Waals surface area contributed by atoms with E-state index >= 15 is 0 Å². The highest BCUT2D eigenvalue weighted by molar-refractivity contribution is 5.54. The van der Waals surface area contributed by atoms with Crippen LogP contribution in [-0.4, -0.2) is 85.9 Å². The molecule has 5 rings (SSSR count). The Morgan fingerprint density at radius 2 is 1.69 bits per heavy atom. The molecule has 0 amide bonds. The van der Waals surface area contributed by atoms with E-state index in [0.29, 0.717) is 29.4 Å². The second-order valence-corrected chi connectivity index (χ2v) is 9.39. The van der Waals surface area contributed by atoms with Crippen LogP contribution >= 0.6 is 0 Å². The van der Waals surface area contributed by atoms with Gasteiger partial charge in [0.1, 0.15) is 18.3 Å². The Morgan fingerprint density at radius 3 is 2.44 bits per heavy atom. The molecule has 196 valence electrons. The van der Waals surface area contributed by atoms with E-state index in [1.54, 1.807) is 14.2 Å². The molecule has 0 bridgehead atoms. The minimum Gasteiger partial charge on any atom is -0.493 e. The average molecular weight is 505 g/mol. The largest absolute Gasteiger partial charge is 0.493 e. The van der Waals surface area contributed by atoms with Crippen molar-refractivity contribution < 1.29 is 48.8 Å². The first kappa shape index (κ1) is 25.1. The van der Waals surface area contributed by atoms with Crippen LogP contribution in [0.5, 0.6) is 23.0 Å². The SMILES string of the molecule is COc1cc2c(cc1OC)[C@@H](c1ccc3c(c1)OCO3)[C@H](CO[C@@H]1OC[C@@H](O)[C@H](O)[C@H]1O)[C@@H](CO)C2. The van der Waals surface area contributed by atoms with Crippen LogP contribution in [0.4, 0.5) is 0 Å². The third-order valence-corrected chi connectivity index (χ3v) is 7.39. The molecule has 1 aliphatic carbocycles. The minimum atomic E-state index is -1.40. The zero-order chi connectivity index (χ0) is 25.4. The lowest BCUT2D eigenvalue weighted by Crippen LogP contribution is -2.54. The number of ether oxygens (including phenoxy) is 6. The third-order valence-electron chi connectivity index (χ3n) is 7.39. The fourth-order valence-electron chi connectivity index (χ4n) is 5.44. The van der Waals surface area contributed by atoms with E-state index in [2.05, 4.69) is 0 Å². The van der Waals surface area contributed by atoms with Gasteiger partial charge in [0.25, 0.3) is 0 Å². The Labute approximate surface area is 208 Å². The van der Waals surface area contributed by atoms with E-state index in [0.717, 1.165) is 16.7 Å². The molecule has 1 fully saturated rings. The van der Waals surface area contributed by atoms with Gasteiger partial charge < -0.3 is 48.8 Å². The molecule has 2 aromatic carbocycles.